The van der Waals surface area contributed by atoms with Crippen molar-refractivity contribution in [2.24, 2.45) is 0 Å². The van der Waals surface area contributed by atoms with Crippen molar-refractivity contribution in [3.8, 4) is 22.5 Å². The van der Waals surface area contributed by atoms with Crippen molar-refractivity contribution in [1.29, 1.82) is 0 Å². The highest BCUT2D eigenvalue weighted by Crippen LogP contribution is 2.31. The van der Waals surface area contributed by atoms with E-state index < -0.39 is 12.1 Å². The van der Waals surface area contributed by atoms with Gasteiger partial charge >= 0.3 is 0 Å². The van der Waals surface area contributed by atoms with Gasteiger partial charge in [-0.15, -0.1) is 0 Å². The van der Waals surface area contributed by atoms with Gasteiger partial charge in [0.05, 0.1) is 30.6 Å². The lowest BCUT2D eigenvalue weighted by Gasteiger charge is -2.24. The Kier molecular flexibility index (Phi) is 10.0. The summed E-state index contributed by atoms with van der Waals surface area (Å²) in [6.07, 6.45) is 5.05. The van der Waals surface area contributed by atoms with E-state index in [1.165, 1.54) is 0 Å². The molecule has 0 radical (unpaired) electrons. The maximum Gasteiger partial charge on any atom is 0.247 e. The molecule has 7 rings (SSSR count). The molecule has 0 bridgehead atoms. The molecule has 0 aliphatic carbocycles. The van der Waals surface area contributed by atoms with E-state index in [9.17, 15) is 19.2 Å². The van der Waals surface area contributed by atoms with Crippen molar-refractivity contribution in [3.05, 3.63) is 127 Å². The maximum atomic E-state index is 13.3. The third kappa shape index (κ3) is 7.75. The Morgan fingerprint density at radius 3 is 1.53 bits per heavy atom. The van der Waals surface area contributed by atoms with Gasteiger partial charge in [0, 0.05) is 35.6 Å². The zero-order chi connectivity index (χ0) is 35.2. The molecule has 4 aromatic carbocycles. The summed E-state index contributed by atoms with van der Waals surface area (Å²) in [5, 5.41) is 5.99. The molecule has 258 valence electrons. The highest BCUT2D eigenvalue weighted by molar-refractivity contribution is 5.99. The third-order valence-corrected chi connectivity index (χ3v) is 9.65. The van der Waals surface area contributed by atoms with Gasteiger partial charge in [0.2, 0.25) is 23.6 Å². The van der Waals surface area contributed by atoms with Gasteiger partial charge in [-0.05, 0) is 61.1 Å². The minimum absolute atomic E-state index is 0.0390. The monoisotopic (exact) mass is 680 g/mol. The van der Waals surface area contributed by atoms with Crippen molar-refractivity contribution < 1.29 is 19.2 Å². The van der Waals surface area contributed by atoms with Gasteiger partial charge in [0.25, 0.3) is 0 Å². The van der Waals surface area contributed by atoms with Gasteiger partial charge in [-0.2, -0.15) is 0 Å². The van der Waals surface area contributed by atoms with Gasteiger partial charge in [-0.25, -0.2) is 4.98 Å². The number of nitrogens with zero attached hydrogens (tertiary/aromatic N) is 3. The van der Waals surface area contributed by atoms with E-state index in [-0.39, 0.29) is 36.5 Å². The van der Waals surface area contributed by atoms with Crippen molar-refractivity contribution in [2.75, 3.05) is 23.7 Å². The first-order valence-electron chi connectivity index (χ1n) is 17.5. The number of imidazole rings is 1. The Balaban J connectivity index is 0.958. The minimum Gasteiger partial charge on any atom is -0.344 e. The van der Waals surface area contributed by atoms with E-state index in [2.05, 4.69) is 20.6 Å². The molecule has 10 nitrogen and oxygen atoms in total. The molecule has 2 aliphatic heterocycles. The highest BCUT2D eigenvalue weighted by Gasteiger charge is 2.35. The van der Waals surface area contributed by atoms with Crippen molar-refractivity contribution in [1.82, 2.24) is 19.8 Å². The number of hydrogen-bond donors (Lipinski definition) is 3. The number of benzene rings is 4. The van der Waals surface area contributed by atoms with Crippen LogP contribution in [0.25, 0.3) is 22.5 Å². The average molecular weight is 681 g/mol. The smallest absolute Gasteiger partial charge is 0.247 e. The van der Waals surface area contributed by atoms with Crippen LogP contribution in [0.5, 0.6) is 0 Å². The van der Waals surface area contributed by atoms with Crippen LogP contribution in [0.4, 0.5) is 11.4 Å². The van der Waals surface area contributed by atoms with Crippen LogP contribution in [0, 0.1) is 0 Å². The number of H-pyrrole nitrogens is 1. The Hall–Kier alpha value is -6.03. The van der Waals surface area contributed by atoms with Crippen LogP contribution in [0.15, 0.2) is 116 Å². The molecule has 0 saturated carbocycles. The summed E-state index contributed by atoms with van der Waals surface area (Å²) >= 11 is 0. The van der Waals surface area contributed by atoms with Gasteiger partial charge in [0.15, 0.2) is 0 Å². The molecule has 0 spiro atoms. The van der Waals surface area contributed by atoms with E-state index in [4.69, 9.17) is 0 Å². The number of amides is 4. The molecule has 0 unspecified atom stereocenters. The molecule has 2 atom stereocenters. The summed E-state index contributed by atoms with van der Waals surface area (Å²) in [5.74, 6) is -0.450. The fourth-order valence-electron chi connectivity index (χ4n) is 7.04. The molecule has 3 heterocycles. The van der Waals surface area contributed by atoms with Gasteiger partial charge in [0.1, 0.15) is 12.1 Å². The lowest BCUT2D eigenvalue weighted by Crippen LogP contribution is -2.43. The van der Waals surface area contributed by atoms with Crippen LogP contribution in [-0.4, -0.2) is 68.6 Å². The predicted molar refractivity (Wildman–Crippen MR) is 196 cm³/mol. The zero-order valence-corrected chi connectivity index (χ0v) is 28.3. The van der Waals surface area contributed by atoms with Gasteiger partial charge in [-0.3, -0.25) is 19.2 Å². The summed E-state index contributed by atoms with van der Waals surface area (Å²) in [6, 6.07) is 33.2. The maximum absolute atomic E-state index is 13.3. The molecule has 3 N–H and O–H groups in total. The molecule has 2 fully saturated rings. The van der Waals surface area contributed by atoms with Gasteiger partial charge < -0.3 is 25.4 Å². The number of carbonyl (C=O) groups is 4. The summed E-state index contributed by atoms with van der Waals surface area (Å²) in [4.78, 5) is 63.7. The van der Waals surface area contributed by atoms with E-state index in [0.29, 0.717) is 37.3 Å². The average Bonchev–Trinajstić information content (AvgIpc) is 3.95. The molecule has 4 amide bonds. The van der Waals surface area contributed by atoms with Crippen LogP contribution in [0.2, 0.25) is 0 Å². The largest absolute Gasteiger partial charge is 0.344 e. The van der Waals surface area contributed by atoms with Crippen LogP contribution < -0.4 is 10.6 Å². The zero-order valence-electron chi connectivity index (χ0n) is 28.3. The lowest BCUT2D eigenvalue weighted by atomic mass is 10.0. The minimum atomic E-state index is -0.495. The molecule has 1 aromatic heterocycles. The van der Waals surface area contributed by atoms with Crippen LogP contribution >= 0.6 is 0 Å². The Morgan fingerprint density at radius 1 is 0.608 bits per heavy atom. The van der Waals surface area contributed by atoms with E-state index in [1.807, 2.05) is 109 Å². The number of rotatable bonds is 10. The highest BCUT2D eigenvalue weighted by atomic mass is 16.2. The second-order valence-electron chi connectivity index (χ2n) is 13.1. The quantitative estimate of drug-likeness (QED) is 0.165. The number of anilines is 2. The molecule has 2 aliphatic rings. The van der Waals surface area contributed by atoms with E-state index in [0.717, 1.165) is 46.5 Å². The molecule has 5 aromatic rings. The number of hydrogen-bond acceptors (Lipinski definition) is 5. The molecular weight excluding hydrogens is 640 g/mol. The molecular formula is C41H40N6O4. The molecule has 2 saturated heterocycles. The first kappa shape index (κ1) is 33.5. The summed E-state index contributed by atoms with van der Waals surface area (Å²) in [7, 11) is 0. The molecule has 51 heavy (non-hydrogen) atoms. The Morgan fingerprint density at radius 2 is 1.06 bits per heavy atom. The topological polar surface area (TPSA) is 128 Å². The van der Waals surface area contributed by atoms with Crippen LogP contribution in [0.3, 0.4) is 0 Å². The standard InChI is InChI=1S/C41H40N6O4/c48-36(25-28-9-3-1-4-10-28)46-23-7-13-34(46)40(50)44-32-19-15-30(16-20-32)38-39(43-27-42-38)31-17-21-33(22-18-31)45-41(51)35-14-8-24-47(35)37(49)26-29-11-5-2-6-12-29/h1-6,9-12,15-22,27,34-35H,7-8,13-14,23-26H2,(H,42,43)(H,44,50)(H,45,51)/t34-,35-/m0/s1. The number of nitrogens with one attached hydrogen (secondary N) is 3. The normalized spacial score (nSPS) is 16.9. The van der Waals surface area contributed by atoms with E-state index >= 15 is 0 Å². The SMILES string of the molecule is O=C(Nc1ccc(-c2nc[nH]c2-c2ccc(NC(=O)[C@@H]3CCCN3C(=O)Cc3ccccc3)cc2)cc1)[C@@H]1CCCN1C(=O)Cc1ccccc1. The van der Waals surface area contributed by atoms with Crippen molar-refractivity contribution in [3.63, 3.8) is 0 Å². The van der Waals surface area contributed by atoms with Crippen molar-refractivity contribution >= 4 is 35.0 Å². The lowest BCUT2D eigenvalue weighted by molar-refractivity contribution is -0.136. The molecule has 10 heteroatoms. The predicted octanol–water partition coefficient (Wildman–Crippen LogP) is 6.09. The second kappa shape index (κ2) is 15.2. The fraction of sp³-hybridized carbons (Fsp3) is 0.244. The number of carbonyl (C=O) groups excluding carboxylic acids is 4. The van der Waals surface area contributed by atoms with E-state index in [1.54, 1.807) is 16.1 Å². The summed E-state index contributed by atoms with van der Waals surface area (Å²) < 4.78 is 0. The summed E-state index contributed by atoms with van der Waals surface area (Å²) in [6.45, 7) is 1.15. The van der Waals surface area contributed by atoms with Gasteiger partial charge in [-0.1, -0.05) is 84.9 Å². The number of aromatic nitrogens is 2. The Bertz CT molecular complexity index is 1850. The third-order valence-electron chi connectivity index (χ3n) is 9.65. The van der Waals surface area contributed by atoms with Crippen LogP contribution in [-0.2, 0) is 32.0 Å². The number of aromatic amines is 1. The first-order valence-corrected chi connectivity index (χ1v) is 17.5. The fourth-order valence-corrected chi connectivity index (χ4v) is 7.04. The summed E-state index contributed by atoms with van der Waals surface area (Å²) in [5.41, 5.74) is 6.48. The second-order valence-corrected chi connectivity index (χ2v) is 13.1. The number of likely N-dealkylation sites (tertiary alicyclic amines) is 2. The first-order chi connectivity index (χ1) is 24.9. The van der Waals surface area contributed by atoms with Crippen molar-refractivity contribution in [2.45, 2.75) is 50.6 Å². The Labute approximate surface area is 296 Å². The van der Waals surface area contributed by atoms with Crippen LogP contribution in [0.1, 0.15) is 36.8 Å².